The average molecular weight is 238 g/mol. The molecule has 0 heterocycles. The molecule has 0 saturated heterocycles. The molecule has 0 aliphatic rings. The van der Waals surface area contributed by atoms with E-state index in [4.69, 9.17) is 24.7 Å². The summed E-state index contributed by atoms with van der Waals surface area (Å²) in [7, 11) is 2.70. The van der Waals surface area contributed by atoms with Gasteiger partial charge in [-0.15, -0.1) is 0 Å². The molecule has 15 heavy (non-hydrogen) atoms. The first kappa shape index (κ1) is 17.4. The Hall–Kier alpha value is 0.0169. The fourth-order valence-corrected chi connectivity index (χ4v) is 2.85. The number of nitrogens with two attached hydrogens (primary N) is 2. The summed E-state index contributed by atoms with van der Waals surface area (Å²) in [6.45, 7) is 3.33. The van der Waals surface area contributed by atoms with E-state index in [1.807, 2.05) is 0 Å². The molecular weight excluding hydrogens is 212 g/mol. The SMILES string of the molecule is CCCC[Si](OC)(OC)OC.NCCN. The Bertz CT molecular complexity index is 114. The van der Waals surface area contributed by atoms with Crippen molar-refractivity contribution < 1.29 is 13.3 Å². The van der Waals surface area contributed by atoms with Crippen LogP contribution in [-0.2, 0) is 13.3 Å². The predicted molar refractivity (Wildman–Crippen MR) is 64.6 cm³/mol. The van der Waals surface area contributed by atoms with Crippen LogP contribution in [0.2, 0.25) is 6.04 Å². The van der Waals surface area contributed by atoms with Crippen molar-refractivity contribution in [3.63, 3.8) is 0 Å². The lowest BCUT2D eigenvalue weighted by molar-refractivity contribution is 0.123. The molecular formula is C9H26N2O3Si. The monoisotopic (exact) mass is 238 g/mol. The first-order valence-electron chi connectivity index (χ1n) is 5.21. The normalized spacial score (nSPS) is 10.8. The van der Waals surface area contributed by atoms with Crippen LogP contribution < -0.4 is 11.5 Å². The highest BCUT2D eigenvalue weighted by Crippen LogP contribution is 2.15. The van der Waals surface area contributed by atoms with E-state index in [0.29, 0.717) is 13.1 Å². The maximum atomic E-state index is 5.23. The molecule has 0 saturated carbocycles. The molecule has 0 aliphatic heterocycles. The van der Waals surface area contributed by atoms with E-state index in [9.17, 15) is 0 Å². The van der Waals surface area contributed by atoms with Crippen LogP contribution in [0.3, 0.4) is 0 Å². The fourth-order valence-electron chi connectivity index (χ4n) is 0.949. The smallest absolute Gasteiger partial charge is 0.377 e. The van der Waals surface area contributed by atoms with Crippen LogP contribution in [0.5, 0.6) is 0 Å². The zero-order valence-electron chi connectivity index (χ0n) is 10.4. The Morgan fingerprint density at radius 3 is 1.53 bits per heavy atom. The Morgan fingerprint density at radius 1 is 0.933 bits per heavy atom. The van der Waals surface area contributed by atoms with Gasteiger partial charge in [-0.05, 0) is 6.42 Å². The Kier molecular flexibility index (Phi) is 14.0. The van der Waals surface area contributed by atoms with Crippen LogP contribution in [0, 0.1) is 0 Å². The van der Waals surface area contributed by atoms with Crippen LogP contribution in [0.25, 0.3) is 0 Å². The zero-order chi connectivity index (χ0) is 12.2. The van der Waals surface area contributed by atoms with Gasteiger partial charge in [0.2, 0.25) is 0 Å². The lowest BCUT2D eigenvalue weighted by Gasteiger charge is -2.23. The van der Waals surface area contributed by atoms with Gasteiger partial charge in [0.25, 0.3) is 0 Å². The van der Waals surface area contributed by atoms with E-state index in [0.717, 1.165) is 18.9 Å². The summed E-state index contributed by atoms with van der Waals surface area (Å²) in [5.74, 6) is 0. The van der Waals surface area contributed by atoms with E-state index in [1.165, 1.54) is 0 Å². The van der Waals surface area contributed by atoms with Gasteiger partial charge < -0.3 is 24.7 Å². The Labute approximate surface area is 94.4 Å². The van der Waals surface area contributed by atoms with Gasteiger partial charge in [-0.2, -0.15) is 0 Å². The highest BCUT2D eigenvalue weighted by molar-refractivity contribution is 6.60. The lowest BCUT2D eigenvalue weighted by Crippen LogP contribution is -2.42. The molecule has 0 rings (SSSR count). The third kappa shape index (κ3) is 8.98. The summed E-state index contributed by atoms with van der Waals surface area (Å²) in [4.78, 5) is 0. The Balaban J connectivity index is 0. The van der Waals surface area contributed by atoms with Crippen molar-refractivity contribution in [3.05, 3.63) is 0 Å². The molecule has 0 fully saturated rings. The average Bonchev–Trinajstić information content (AvgIpc) is 2.32. The molecule has 0 aromatic carbocycles. The van der Waals surface area contributed by atoms with Gasteiger partial charge in [-0.1, -0.05) is 13.3 Å². The molecule has 0 aromatic rings. The predicted octanol–water partition coefficient (Wildman–Crippen LogP) is 0.568. The van der Waals surface area contributed by atoms with E-state index in [-0.39, 0.29) is 0 Å². The largest absolute Gasteiger partial charge is 0.500 e. The fraction of sp³-hybridized carbons (Fsp3) is 1.00. The van der Waals surface area contributed by atoms with E-state index in [1.54, 1.807) is 21.3 Å². The van der Waals surface area contributed by atoms with E-state index < -0.39 is 8.80 Å². The molecule has 4 N–H and O–H groups in total. The standard InChI is InChI=1S/C7H18O3Si.C2H8N2/c1-5-6-7-11(8-2,9-3)10-4;3-1-2-4/h5-7H2,1-4H3;1-4H2. The van der Waals surface area contributed by atoms with Crippen LogP contribution in [0.15, 0.2) is 0 Å². The van der Waals surface area contributed by atoms with Crippen molar-refractivity contribution in [2.45, 2.75) is 25.8 Å². The van der Waals surface area contributed by atoms with Crippen molar-refractivity contribution in [2.24, 2.45) is 11.5 Å². The summed E-state index contributed by atoms with van der Waals surface area (Å²) < 4.78 is 15.7. The minimum absolute atomic E-state index is 0.597. The van der Waals surface area contributed by atoms with Crippen molar-refractivity contribution in [3.8, 4) is 0 Å². The summed E-state index contributed by atoms with van der Waals surface area (Å²) >= 11 is 0. The number of hydrogen-bond acceptors (Lipinski definition) is 5. The van der Waals surface area contributed by atoms with E-state index >= 15 is 0 Å². The molecule has 0 aromatic heterocycles. The number of rotatable bonds is 7. The van der Waals surface area contributed by atoms with Crippen molar-refractivity contribution in [2.75, 3.05) is 34.4 Å². The first-order valence-corrected chi connectivity index (χ1v) is 7.15. The van der Waals surface area contributed by atoms with Crippen LogP contribution in [0.4, 0.5) is 0 Å². The summed E-state index contributed by atoms with van der Waals surface area (Å²) in [6.07, 6.45) is 2.24. The van der Waals surface area contributed by atoms with Gasteiger partial charge >= 0.3 is 8.80 Å². The molecule has 0 aliphatic carbocycles. The second-order valence-corrected chi connectivity index (χ2v) is 6.07. The molecule has 0 spiro atoms. The molecule has 0 amide bonds. The van der Waals surface area contributed by atoms with Crippen LogP contribution in [-0.4, -0.2) is 43.2 Å². The topological polar surface area (TPSA) is 79.7 Å². The minimum atomic E-state index is -2.24. The molecule has 6 heteroatoms. The summed E-state index contributed by atoms with van der Waals surface area (Å²) in [6, 6.07) is 0.910. The lowest BCUT2D eigenvalue weighted by atomic mass is 10.4. The third-order valence-electron chi connectivity index (χ3n) is 1.94. The second-order valence-electron chi connectivity index (χ2n) is 2.98. The molecule has 0 radical (unpaired) electrons. The van der Waals surface area contributed by atoms with Gasteiger partial charge in [0.05, 0.1) is 0 Å². The van der Waals surface area contributed by atoms with E-state index in [2.05, 4.69) is 6.92 Å². The molecule has 94 valence electrons. The van der Waals surface area contributed by atoms with Gasteiger partial charge in [0, 0.05) is 40.5 Å². The maximum Gasteiger partial charge on any atom is 0.500 e. The van der Waals surface area contributed by atoms with Crippen molar-refractivity contribution >= 4 is 8.80 Å². The minimum Gasteiger partial charge on any atom is -0.377 e. The highest BCUT2D eigenvalue weighted by Gasteiger charge is 2.36. The van der Waals surface area contributed by atoms with Crippen molar-refractivity contribution in [1.82, 2.24) is 0 Å². The first-order chi connectivity index (χ1) is 7.16. The van der Waals surface area contributed by atoms with Crippen molar-refractivity contribution in [1.29, 1.82) is 0 Å². The number of unbranched alkanes of at least 4 members (excludes halogenated alkanes) is 1. The Morgan fingerprint density at radius 2 is 1.33 bits per heavy atom. The maximum absolute atomic E-state index is 5.23. The zero-order valence-corrected chi connectivity index (χ0v) is 11.4. The van der Waals surface area contributed by atoms with Gasteiger partial charge in [0.1, 0.15) is 0 Å². The summed E-state index contributed by atoms with van der Waals surface area (Å²) in [5.41, 5.74) is 9.81. The summed E-state index contributed by atoms with van der Waals surface area (Å²) in [5, 5.41) is 0. The second kappa shape index (κ2) is 12.1. The highest BCUT2D eigenvalue weighted by atomic mass is 28.4. The molecule has 0 atom stereocenters. The molecule has 0 unspecified atom stereocenters. The quantitative estimate of drug-likeness (QED) is 0.634. The third-order valence-corrected chi connectivity index (χ3v) is 4.77. The van der Waals surface area contributed by atoms with Gasteiger partial charge in [-0.25, -0.2) is 0 Å². The van der Waals surface area contributed by atoms with Crippen LogP contribution in [0.1, 0.15) is 19.8 Å². The van der Waals surface area contributed by atoms with Gasteiger partial charge in [-0.3, -0.25) is 0 Å². The van der Waals surface area contributed by atoms with Gasteiger partial charge in [0.15, 0.2) is 0 Å². The molecule has 5 nitrogen and oxygen atoms in total. The van der Waals surface area contributed by atoms with Crippen LogP contribution >= 0.6 is 0 Å². The number of hydrogen-bond donors (Lipinski definition) is 2. The molecule has 0 bridgehead atoms.